The summed E-state index contributed by atoms with van der Waals surface area (Å²) < 4.78 is 10.8. The van der Waals surface area contributed by atoms with Gasteiger partial charge >= 0.3 is 6.03 Å². The summed E-state index contributed by atoms with van der Waals surface area (Å²) in [6.45, 7) is 2.74. The highest BCUT2D eigenvalue weighted by Crippen LogP contribution is 2.31. The van der Waals surface area contributed by atoms with Crippen LogP contribution in [-0.2, 0) is 27.2 Å². The van der Waals surface area contributed by atoms with E-state index in [9.17, 15) is 19.6 Å². The van der Waals surface area contributed by atoms with E-state index in [1.165, 1.54) is 11.1 Å². The van der Waals surface area contributed by atoms with Crippen LogP contribution in [0.25, 0.3) is 0 Å². The van der Waals surface area contributed by atoms with Gasteiger partial charge in [0, 0.05) is 64.8 Å². The summed E-state index contributed by atoms with van der Waals surface area (Å²) in [4.78, 5) is 51.3. The van der Waals surface area contributed by atoms with Crippen molar-refractivity contribution >= 4 is 35.6 Å². The number of hydrogen-bond donors (Lipinski definition) is 1. The number of aldehydes is 1. The number of nitrogens with one attached hydrogen (secondary N) is 1. The van der Waals surface area contributed by atoms with Crippen LogP contribution < -0.4 is 15.1 Å². The van der Waals surface area contributed by atoms with Gasteiger partial charge in [0.2, 0.25) is 0 Å². The lowest BCUT2D eigenvalue weighted by atomic mass is 10.0. The standard InChI is InChI=1S/C28H31N7O5/c1-39-21-5-8-34(15-21)23-11-26(30-13-20(23)12-29)32-28(38)35-7-3-4-18-10-19(22(16-36)31-27(18)35)14-33-9-6-25(40-2)24(33)17-37/h10-11,13,16,21,25H,3-9,14-15H2,1-2H3,(H,30,32,38)/t21-,25-/m0/s1. The molecule has 12 heteroatoms. The number of pyridine rings is 2. The first-order valence-electron chi connectivity index (χ1n) is 13.3. The number of methoxy groups -OCH3 is 2. The number of amides is 2. The molecule has 1 N–H and O–H groups in total. The third-order valence-electron chi connectivity index (χ3n) is 7.75. The SMILES string of the molecule is CO[C@H]1CCN(c2cc(NC(=O)N3CCCc4cc(CN5CC[C@H](OC)C5=C=O)c(C=O)nc43)ncc2C#N)C1. The Morgan fingerprint density at radius 3 is 2.77 bits per heavy atom. The molecule has 12 nitrogen and oxygen atoms in total. The fourth-order valence-electron chi connectivity index (χ4n) is 5.62. The first-order chi connectivity index (χ1) is 19.5. The van der Waals surface area contributed by atoms with E-state index in [-0.39, 0.29) is 17.9 Å². The second kappa shape index (κ2) is 11.8. The van der Waals surface area contributed by atoms with Gasteiger partial charge in [-0.25, -0.2) is 19.6 Å². The van der Waals surface area contributed by atoms with E-state index >= 15 is 0 Å². The van der Waals surface area contributed by atoms with Gasteiger partial charge in [0.25, 0.3) is 0 Å². The number of anilines is 3. The van der Waals surface area contributed by atoms with E-state index in [2.05, 4.69) is 26.3 Å². The second-order valence-electron chi connectivity index (χ2n) is 10.0. The molecular formula is C28H31N7O5. The molecule has 0 unspecified atom stereocenters. The largest absolute Gasteiger partial charge is 0.380 e. The van der Waals surface area contributed by atoms with E-state index < -0.39 is 6.03 Å². The summed E-state index contributed by atoms with van der Waals surface area (Å²) in [5.74, 6) is 2.72. The van der Waals surface area contributed by atoms with Crippen molar-refractivity contribution in [1.29, 1.82) is 5.26 Å². The Kier molecular flexibility index (Phi) is 8.07. The minimum absolute atomic E-state index is 0.0819. The molecule has 2 amide bonds. The maximum absolute atomic E-state index is 13.4. The molecular weight excluding hydrogens is 514 g/mol. The topological polar surface area (TPSA) is 141 Å². The fourth-order valence-corrected chi connectivity index (χ4v) is 5.62. The number of likely N-dealkylation sites (tertiary alicyclic amines) is 1. The van der Waals surface area contributed by atoms with Crippen LogP contribution in [0.2, 0.25) is 0 Å². The molecule has 0 bridgehead atoms. The summed E-state index contributed by atoms with van der Waals surface area (Å²) >= 11 is 0. The lowest BCUT2D eigenvalue weighted by molar-refractivity contribution is 0.111. The zero-order valence-corrected chi connectivity index (χ0v) is 22.6. The molecule has 208 valence electrons. The normalized spacial score (nSPS) is 20.2. The molecule has 5 heterocycles. The summed E-state index contributed by atoms with van der Waals surface area (Å²) in [6, 6.07) is 5.35. The molecule has 0 spiro atoms. The Morgan fingerprint density at radius 1 is 1.23 bits per heavy atom. The Morgan fingerprint density at radius 2 is 2.08 bits per heavy atom. The van der Waals surface area contributed by atoms with Gasteiger partial charge in [0.15, 0.2) is 6.29 Å². The zero-order chi connectivity index (χ0) is 28.2. The molecule has 0 aromatic carbocycles. The predicted molar refractivity (Wildman–Crippen MR) is 146 cm³/mol. The number of carbonyl (C=O) groups excluding carboxylic acids is 3. The van der Waals surface area contributed by atoms with Crippen LogP contribution in [-0.4, -0.2) is 85.7 Å². The Bertz CT molecular complexity index is 1400. The van der Waals surface area contributed by atoms with Crippen molar-refractivity contribution < 1.29 is 23.9 Å². The van der Waals surface area contributed by atoms with Crippen molar-refractivity contribution in [1.82, 2.24) is 14.9 Å². The number of rotatable bonds is 7. The highest BCUT2D eigenvalue weighted by Gasteiger charge is 2.31. The smallest absolute Gasteiger partial charge is 0.328 e. The average Bonchev–Trinajstić information content (AvgIpc) is 3.63. The van der Waals surface area contributed by atoms with Crippen LogP contribution in [0.1, 0.15) is 46.4 Å². The molecule has 2 aromatic heterocycles. The summed E-state index contributed by atoms with van der Waals surface area (Å²) in [6.07, 6.45) is 4.83. The second-order valence-corrected chi connectivity index (χ2v) is 10.0. The van der Waals surface area contributed by atoms with Gasteiger partial charge in [-0.1, -0.05) is 0 Å². The zero-order valence-electron chi connectivity index (χ0n) is 22.6. The van der Waals surface area contributed by atoms with Crippen molar-refractivity contribution in [3.05, 3.63) is 46.4 Å². The van der Waals surface area contributed by atoms with Crippen molar-refractivity contribution in [2.24, 2.45) is 0 Å². The van der Waals surface area contributed by atoms with Crippen molar-refractivity contribution in [2.75, 3.05) is 55.5 Å². The molecule has 5 rings (SSSR count). The molecule has 0 aliphatic carbocycles. The molecule has 2 fully saturated rings. The molecule has 3 aliphatic heterocycles. The lowest BCUT2D eigenvalue weighted by Crippen LogP contribution is -2.40. The first kappa shape index (κ1) is 27.3. The van der Waals surface area contributed by atoms with Crippen LogP contribution in [0.5, 0.6) is 0 Å². The molecule has 3 aliphatic rings. The molecule has 2 saturated heterocycles. The number of carbonyl (C=O) groups is 2. The van der Waals surface area contributed by atoms with Gasteiger partial charge in [0.1, 0.15) is 41.1 Å². The van der Waals surface area contributed by atoms with Crippen molar-refractivity contribution in [2.45, 2.75) is 44.4 Å². The van der Waals surface area contributed by atoms with E-state index in [0.29, 0.717) is 79.5 Å². The maximum Gasteiger partial charge on any atom is 0.328 e. The van der Waals surface area contributed by atoms with Crippen LogP contribution in [0, 0.1) is 11.3 Å². The van der Waals surface area contributed by atoms with Crippen LogP contribution in [0.4, 0.5) is 22.1 Å². The van der Waals surface area contributed by atoms with Gasteiger partial charge in [-0.2, -0.15) is 5.26 Å². The van der Waals surface area contributed by atoms with Crippen LogP contribution in [0.15, 0.2) is 24.0 Å². The van der Waals surface area contributed by atoms with E-state index in [1.807, 2.05) is 16.9 Å². The van der Waals surface area contributed by atoms with Crippen LogP contribution in [0.3, 0.4) is 0 Å². The monoisotopic (exact) mass is 545 g/mol. The average molecular weight is 546 g/mol. The minimum atomic E-state index is -0.425. The molecule has 0 saturated carbocycles. The number of ether oxygens (including phenoxy) is 2. The van der Waals surface area contributed by atoms with E-state index in [4.69, 9.17) is 9.47 Å². The van der Waals surface area contributed by atoms with Gasteiger partial charge in [-0.05, 0) is 37.3 Å². The number of aromatic nitrogens is 2. The number of urea groups is 1. The van der Waals surface area contributed by atoms with Gasteiger partial charge in [-0.3, -0.25) is 15.0 Å². The number of nitriles is 1. The third-order valence-corrected chi connectivity index (χ3v) is 7.75. The van der Waals surface area contributed by atoms with Gasteiger partial charge in [-0.15, -0.1) is 0 Å². The maximum atomic E-state index is 13.4. The Balaban J connectivity index is 1.37. The highest BCUT2D eigenvalue weighted by molar-refractivity contribution is 6.02. The number of aryl methyl sites for hydroxylation is 1. The van der Waals surface area contributed by atoms with E-state index in [0.717, 1.165) is 24.9 Å². The predicted octanol–water partition coefficient (Wildman–Crippen LogP) is 2.31. The molecule has 0 radical (unpaired) electrons. The molecule has 2 atom stereocenters. The van der Waals surface area contributed by atoms with Gasteiger partial charge in [0.05, 0.1) is 17.4 Å². The summed E-state index contributed by atoms with van der Waals surface area (Å²) in [5, 5.41) is 12.4. The number of hydrogen-bond acceptors (Lipinski definition) is 10. The van der Waals surface area contributed by atoms with E-state index in [1.54, 1.807) is 20.3 Å². The lowest BCUT2D eigenvalue weighted by Gasteiger charge is -2.30. The fraction of sp³-hybridized carbons (Fsp3) is 0.464. The first-order valence-corrected chi connectivity index (χ1v) is 13.3. The summed E-state index contributed by atoms with van der Waals surface area (Å²) in [5.41, 5.74) is 3.28. The number of fused-ring (bicyclic) bond motifs is 1. The highest BCUT2D eigenvalue weighted by atomic mass is 16.5. The van der Waals surface area contributed by atoms with Crippen molar-refractivity contribution in [3.63, 3.8) is 0 Å². The third kappa shape index (κ3) is 5.27. The number of nitrogens with zero attached hydrogens (tertiary/aromatic N) is 6. The summed E-state index contributed by atoms with van der Waals surface area (Å²) in [7, 11) is 3.23. The molecule has 40 heavy (non-hydrogen) atoms. The Hall–Kier alpha value is -4.30. The Labute approximate surface area is 232 Å². The van der Waals surface area contributed by atoms with Gasteiger partial charge < -0.3 is 19.3 Å². The minimum Gasteiger partial charge on any atom is -0.380 e. The molecule has 2 aromatic rings. The van der Waals surface area contributed by atoms with Crippen LogP contribution >= 0.6 is 0 Å². The quantitative estimate of drug-likeness (QED) is 0.407. The van der Waals surface area contributed by atoms with Crippen molar-refractivity contribution in [3.8, 4) is 6.07 Å².